The lowest BCUT2D eigenvalue weighted by molar-refractivity contribution is 0.228. The first-order chi connectivity index (χ1) is 9.31. The number of H-pyrrole nitrogens is 1. The van der Waals surface area contributed by atoms with Crippen LogP contribution in [0.3, 0.4) is 0 Å². The fourth-order valence-corrected chi connectivity index (χ4v) is 2.21. The van der Waals surface area contributed by atoms with Crippen molar-refractivity contribution in [2.75, 3.05) is 6.54 Å². The summed E-state index contributed by atoms with van der Waals surface area (Å²) >= 11 is 0. The zero-order chi connectivity index (χ0) is 13.1. The van der Waals surface area contributed by atoms with E-state index < -0.39 is 0 Å². The van der Waals surface area contributed by atoms with Crippen molar-refractivity contribution >= 4 is 17.1 Å². The lowest BCUT2D eigenvalue weighted by Gasteiger charge is -2.26. The Morgan fingerprint density at radius 1 is 1.37 bits per heavy atom. The van der Waals surface area contributed by atoms with Gasteiger partial charge in [0.15, 0.2) is 0 Å². The number of carbonyl (C=O) groups excluding carboxylic acids is 1. The number of aromatic amines is 1. The molecule has 2 amide bonds. The molecule has 1 aliphatic rings. The van der Waals surface area contributed by atoms with Gasteiger partial charge in [0, 0.05) is 19.0 Å². The number of nitrogens with zero attached hydrogens (tertiary/aromatic N) is 1. The molecule has 0 bridgehead atoms. The fraction of sp³-hybridized carbons (Fsp3) is 0.429. The molecule has 1 heterocycles. The van der Waals surface area contributed by atoms with E-state index in [1.54, 1.807) is 0 Å². The Balaban J connectivity index is 1.47. The van der Waals surface area contributed by atoms with Gasteiger partial charge in [0.1, 0.15) is 5.82 Å². The summed E-state index contributed by atoms with van der Waals surface area (Å²) in [5.74, 6) is 0.908. The fourth-order valence-electron chi connectivity index (χ4n) is 2.21. The number of imidazole rings is 1. The predicted octanol–water partition coefficient (Wildman–Crippen LogP) is 1.96. The molecular formula is C14H18N4O. The van der Waals surface area contributed by atoms with Gasteiger partial charge in [-0.25, -0.2) is 9.78 Å². The second-order valence-corrected chi connectivity index (χ2v) is 4.98. The molecule has 100 valence electrons. The summed E-state index contributed by atoms with van der Waals surface area (Å²) in [7, 11) is 0. The molecule has 3 N–H and O–H groups in total. The molecule has 5 heteroatoms. The van der Waals surface area contributed by atoms with Crippen LogP contribution >= 0.6 is 0 Å². The summed E-state index contributed by atoms with van der Waals surface area (Å²) in [6.07, 6.45) is 4.16. The minimum atomic E-state index is -0.0687. The number of nitrogens with one attached hydrogen (secondary N) is 3. The number of rotatable bonds is 4. The highest BCUT2D eigenvalue weighted by Crippen LogP contribution is 2.17. The Labute approximate surface area is 111 Å². The number of fused-ring (bicyclic) bond motifs is 1. The van der Waals surface area contributed by atoms with E-state index in [4.69, 9.17) is 0 Å². The number of carbonyl (C=O) groups is 1. The van der Waals surface area contributed by atoms with Gasteiger partial charge >= 0.3 is 6.03 Å². The molecular weight excluding hydrogens is 240 g/mol. The van der Waals surface area contributed by atoms with E-state index in [0.29, 0.717) is 19.0 Å². The molecule has 0 radical (unpaired) electrons. The van der Waals surface area contributed by atoms with Crippen LogP contribution in [0.25, 0.3) is 11.0 Å². The van der Waals surface area contributed by atoms with Gasteiger partial charge in [-0.1, -0.05) is 12.1 Å². The average molecular weight is 258 g/mol. The van der Waals surface area contributed by atoms with E-state index in [1.165, 1.54) is 6.42 Å². The van der Waals surface area contributed by atoms with Crippen LogP contribution in [0, 0.1) is 0 Å². The summed E-state index contributed by atoms with van der Waals surface area (Å²) in [5, 5.41) is 5.81. The van der Waals surface area contributed by atoms with E-state index in [2.05, 4.69) is 20.6 Å². The number of urea groups is 1. The SMILES string of the molecule is O=C(NCCc1nc2ccccc2[nH]1)NC1CCC1. The Kier molecular flexibility index (Phi) is 3.35. The Morgan fingerprint density at radius 3 is 2.95 bits per heavy atom. The number of amides is 2. The summed E-state index contributed by atoms with van der Waals surface area (Å²) in [5.41, 5.74) is 2.01. The number of aromatic nitrogens is 2. The van der Waals surface area contributed by atoms with E-state index in [1.807, 2.05) is 24.3 Å². The second kappa shape index (κ2) is 5.30. The molecule has 0 aliphatic heterocycles. The average Bonchev–Trinajstić information content (AvgIpc) is 2.76. The first-order valence-corrected chi connectivity index (χ1v) is 6.79. The van der Waals surface area contributed by atoms with Gasteiger partial charge in [-0.3, -0.25) is 0 Å². The van der Waals surface area contributed by atoms with Crippen LogP contribution in [-0.4, -0.2) is 28.6 Å². The number of hydrogen-bond donors (Lipinski definition) is 3. The van der Waals surface area contributed by atoms with Crippen molar-refractivity contribution < 1.29 is 4.79 Å². The maximum atomic E-state index is 11.6. The summed E-state index contributed by atoms with van der Waals surface area (Å²) in [6.45, 7) is 0.596. The van der Waals surface area contributed by atoms with Crippen molar-refractivity contribution in [2.24, 2.45) is 0 Å². The molecule has 1 aromatic carbocycles. The van der Waals surface area contributed by atoms with Crippen LogP contribution in [0.5, 0.6) is 0 Å². The standard InChI is InChI=1S/C14H18N4O/c19-14(16-10-4-3-5-10)15-9-8-13-17-11-6-1-2-7-12(11)18-13/h1-2,6-7,10H,3-5,8-9H2,(H,17,18)(H2,15,16,19). The van der Waals surface area contributed by atoms with Crippen molar-refractivity contribution in [1.29, 1.82) is 0 Å². The smallest absolute Gasteiger partial charge is 0.315 e. The third-order valence-electron chi connectivity index (χ3n) is 3.53. The molecule has 3 rings (SSSR count). The van der Waals surface area contributed by atoms with Crippen molar-refractivity contribution in [3.63, 3.8) is 0 Å². The lowest BCUT2D eigenvalue weighted by Crippen LogP contribution is -2.45. The van der Waals surface area contributed by atoms with Crippen molar-refractivity contribution in [1.82, 2.24) is 20.6 Å². The van der Waals surface area contributed by atoms with Gasteiger partial charge in [-0.15, -0.1) is 0 Å². The molecule has 1 aliphatic carbocycles. The van der Waals surface area contributed by atoms with Gasteiger partial charge in [0.05, 0.1) is 11.0 Å². The topological polar surface area (TPSA) is 69.8 Å². The molecule has 1 aromatic heterocycles. The van der Waals surface area contributed by atoms with Crippen molar-refractivity contribution in [3.05, 3.63) is 30.1 Å². The summed E-state index contributed by atoms with van der Waals surface area (Å²) in [4.78, 5) is 19.3. The monoisotopic (exact) mass is 258 g/mol. The van der Waals surface area contributed by atoms with Gasteiger partial charge in [0.2, 0.25) is 0 Å². The normalized spacial score (nSPS) is 15.2. The van der Waals surface area contributed by atoms with E-state index in [-0.39, 0.29) is 6.03 Å². The zero-order valence-electron chi connectivity index (χ0n) is 10.8. The van der Waals surface area contributed by atoms with Gasteiger partial charge in [0.25, 0.3) is 0 Å². The molecule has 1 fully saturated rings. The largest absolute Gasteiger partial charge is 0.342 e. The predicted molar refractivity (Wildman–Crippen MR) is 74.0 cm³/mol. The Morgan fingerprint density at radius 2 is 2.21 bits per heavy atom. The van der Waals surface area contributed by atoms with E-state index in [9.17, 15) is 4.79 Å². The minimum absolute atomic E-state index is 0.0687. The lowest BCUT2D eigenvalue weighted by atomic mass is 9.93. The molecule has 0 unspecified atom stereocenters. The molecule has 0 saturated heterocycles. The third kappa shape index (κ3) is 2.86. The van der Waals surface area contributed by atoms with E-state index >= 15 is 0 Å². The zero-order valence-corrected chi connectivity index (χ0v) is 10.8. The summed E-state index contributed by atoms with van der Waals surface area (Å²) < 4.78 is 0. The van der Waals surface area contributed by atoms with Crippen LogP contribution in [0.2, 0.25) is 0 Å². The number of hydrogen-bond acceptors (Lipinski definition) is 2. The second-order valence-electron chi connectivity index (χ2n) is 4.98. The van der Waals surface area contributed by atoms with Crippen LogP contribution in [0.1, 0.15) is 25.1 Å². The minimum Gasteiger partial charge on any atom is -0.342 e. The van der Waals surface area contributed by atoms with Crippen molar-refractivity contribution in [3.8, 4) is 0 Å². The summed E-state index contributed by atoms with van der Waals surface area (Å²) in [6, 6.07) is 8.24. The van der Waals surface area contributed by atoms with Crippen LogP contribution in [0.15, 0.2) is 24.3 Å². The highest BCUT2D eigenvalue weighted by molar-refractivity contribution is 5.75. The highest BCUT2D eigenvalue weighted by Gasteiger charge is 2.18. The molecule has 1 saturated carbocycles. The van der Waals surface area contributed by atoms with Crippen LogP contribution in [0.4, 0.5) is 4.79 Å². The molecule has 0 spiro atoms. The number of benzene rings is 1. The molecule has 5 nitrogen and oxygen atoms in total. The Hall–Kier alpha value is -2.04. The quantitative estimate of drug-likeness (QED) is 0.784. The first kappa shape index (κ1) is 12.0. The van der Waals surface area contributed by atoms with Crippen molar-refractivity contribution in [2.45, 2.75) is 31.7 Å². The molecule has 0 atom stereocenters. The van der Waals surface area contributed by atoms with Crippen LogP contribution < -0.4 is 10.6 Å². The third-order valence-corrected chi connectivity index (χ3v) is 3.53. The maximum absolute atomic E-state index is 11.6. The highest BCUT2D eigenvalue weighted by atomic mass is 16.2. The maximum Gasteiger partial charge on any atom is 0.315 e. The van der Waals surface area contributed by atoms with Gasteiger partial charge in [-0.05, 0) is 31.4 Å². The van der Waals surface area contributed by atoms with Gasteiger partial charge < -0.3 is 15.6 Å². The Bertz CT molecular complexity index is 541. The first-order valence-electron chi connectivity index (χ1n) is 6.79. The molecule has 2 aromatic rings. The van der Waals surface area contributed by atoms with Gasteiger partial charge in [-0.2, -0.15) is 0 Å². The number of para-hydroxylation sites is 2. The molecule has 19 heavy (non-hydrogen) atoms. The van der Waals surface area contributed by atoms with E-state index in [0.717, 1.165) is 29.7 Å². The van der Waals surface area contributed by atoms with Crippen LogP contribution in [-0.2, 0) is 6.42 Å².